The molecule has 2 saturated heterocycles. The lowest BCUT2D eigenvalue weighted by Crippen LogP contribution is -2.37. The maximum absolute atomic E-state index is 13.1. The van der Waals surface area contributed by atoms with Gasteiger partial charge in [-0.1, -0.05) is 48.0 Å². The first-order valence-corrected chi connectivity index (χ1v) is 11.4. The van der Waals surface area contributed by atoms with Gasteiger partial charge in [-0.05, 0) is 43.9 Å². The van der Waals surface area contributed by atoms with E-state index in [1.54, 1.807) is 0 Å². The van der Waals surface area contributed by atoms with Gasteiger partial charge >= 0.3 is 0 Å². The first-order valence-electron chi connectivity index (χ1n) is 11.4. The van der Waals surface area contributed by atoms with Crippen LogP contribution in [0, 0.1) is 12.3 Å². The fourth-order valence-corrected chi connectivity index (χ4v) is 5.03. The van der Waals surface area contributed by atoms with Gasteiger partial charge in [-0.2, -0.15) is 0 Å². The second kappa shape index (κ2) is 8.87. The number of carbonyl (C=O) groups excluding carboxylic acids is 1. The summed E-state index contributed by atoms with van der Waals surface area (Å²) in [6.45, 7) is 4.84. The molecule has 1 atom stereocenters. The minimum Gasteiger partial charge on any atom is -0.420 e. The Bertz CT molecular complexity index is 1060. The fourth-order valence-electron chi connectivity index (χ4n) is 5.03. The molecule has 1 unspecified atom stereocenters. The van der Waals surface area contributed by atoms with Crippen LogP contribution < -0.4 is 0 Å². The normalized spacial score (nSPS) is 20.0. The van der Waals surface area contributed by atoms with Crippen molar-refractivity contribution in [1.29, 1.82) is 0 Å². The van der Waals surface area contributed by atoms with Crippen LogP contribution in [0.25, 0.3) is 11.5 Å². The third-order valence-corrected chi connectivity index (χ3v) is 7.00. The standard InChI is InChI=1S/C26H29N3O3/c1-19-7-10-21(11-8-19)24-27-28-25(32-24)22-17-29(18-26(22)13-15-31-16-14-26)23(30)12-9-20-5-3-2-4-6-20/h2-8,10-11,22H,9,12-18H2,1H3. The molecule has 0 aliphatic carbocycles. The van der Waals surface area contributed by atoms with E-state index in [1.807, 2.05) is 47.4 Å². The number of aryl methyl sites for hydroxylation is 2. The molecule has 1 amide bonds. The number of hydrogen-bond acceptors (Lipinski definition) is 5. The monoisotopic (exact) mass is 431 g/mol. The van der Waals surface area contributed by atoms with E-state index < -0.39 is 0 Å². The summed E-state index contributed by atoms with van der Waals surface area (Å²) < 4.78 is 11.8. The highest BCUT2D eigenvalue weighted by Gasteiger charge is 2.51. The Morgan fingerprint density at radius 1 is 1.06 bits per heavy atom. The molecule has 2 aliphatic rings. The van der Waals surface area contributed by atoms with E-state index in [2.05, 4.69) is 29.3 Å². The zero-order valence-corrected chi connectivity index (χ0v) is 18.5. The smallest absolute Gasteiger partial charge is 0.247 e. The summed E-state index contributed by atoms with van der Waals surface area (Å²) in [5.74, 6) is 1.41. The van der Waals surface area contributed by atoms with E-state index in [0.717, 1.165) is 31.4 Å². The van der Waals surface area contributed by atoms with Crippen LogP contribution in [0.2, 0.25) is 0 Å². The summed E-state index contributed by atoms with van der Waals surface area (Å²) >= 11 is 0. The zero-order valence-electron chi connectivity index (χ0n) is 18.5. The van der Waals surface area contributed by atoms with Gasteiger partial charge in [0.1, 0.15) is 0 Å². The number of hydrogen-bond donors (Lipinski definition) is 0. The molecule has 2 fully saturated rings. The highest BCUT2D eigenvalue weighted by molar-refractivity contribution is 5.77. The number of rotatable bonds is 5. The van der Waals surface area contributed by atoms with Gasteiger partial charge in [0.15, 0.2) is 0 Å². The van der Waals surface area contributed by atoms with E-state index in [0.29, 0.717) is 38.0 Å². The van der Waals surface area contributed by atoms with Gasteiger partial charge < -0.3 is 14.1 Å². The van der Waals surface area contributed by atoms with Crippen molar-refractivity contribution in [3.8, 4) is 11.5 Å². The minimum absolute atomic E-state index is 0.0405. The van der Waals surface area contributed by atoms with Crippen molar-refractivity contribution in [3.05, 3.63) is 71.6 Å². The largest absolute Gasteiger partial charge is 0.420 e. The number of benzene rings is 2. The third kappa shape index (κ3) is 4.19. The molecule has 32 heavy (non-hydrogen) atoms. The van der Waals surface area contributed by atoms with Crippen molar-refractivity contribution in [3.63, 3.8) is 0 Å². The first kappa shape index (κ1) is 20.9. The molecule has 3 heterocycles. The summed E-state index contributed by atoms with van der Waals surface area (Å²) in [4.78, 5) is 15.1. The molecule has 0 radical (unpaired) electrons. The number of ether oxygens (including phenoxy) is 1. The van der Waals surface area contributed by atoms with Crippen molar-refractivity contribution in [2.24, 2.45) is 5.41 Å². The lowest BCUT2D eigenvalue weighted by Gasteiger charge is -2.36. The van der Waals surface area contributed by atoms with Crippen LogP contribution in [0.4, 0.5) is 0 Å². The van der Waals surface area contributed by atoms with E-state index in [9.17, 15) is 4.79 Å². The Labute approximate surface area is 188 Å². The van der Waals surface area contributed by atoms with Crippen molar-refractivity contribution in [2.45, 2.75) is 38.5 Å². The van der Waals surface area contributed by atoms with Crippen molar-refractivity contribution >= 4 is 5.91 Å². The van der Waals surface area contributed by atoms with Crippen LogP contribution >= 0.6 is 0 Å². The Kier molecular flexibility index (Phi) is 5.79. The quantitative estimate of drug-likeness (QED) is 0.599. The molecule has 2 aliphatic heterocycles. The van der Waals surface area contributed by atoms with Crippen LogP contribution in [0.15, 0.2) is 59.0 Å². The Balaban J connectivity index is 1.35. The van der Waals surface area contributed by atoms with Crippen LogP contribution in [-0.2, 0) is 16.0 Å². The molecule has 0 saturated carbocycles. The molecule has 0 N–H and O–H groups in total. The lowest BCUT2D eigenvalue weighted by atomic mass is 9.72. The summed E-state index contributed by atoms with van der Waals surface area (Å²) in [6, 6.07) is 18.3. The van der Waals surface area contributed by atoms with Crippen molar-refractivity contribution in [1.82, 2.24) is 15.1 Å². The van der Waals surface area contributed by atoms with Gasteiger partial charge in [0.25, 0.3) is 0 Å². The van der Waals surface area contributed by atoms with E-state index >= 15 is 0 Å². The molecule has 0 bridgehead atoms. The maximum Gasteiger partial charge on any atom is 0.247 e. The number of carbonyl (C=O) groups is 1. The molecule has 6 heteroatoms. The summed E-state index contributed by atoms with van der Waals surface area (Å²) in [6.07, 6.45) is 3.08. The number of nitrogens with zero attached hydrogens (tertiary/aromatic N) is 3. The molecule has 166 valence electrons. The van der Waals surface area contributed by atoms with Gasteiger partial charge in [0.2, 0.25) is 17.7 Å². The molecular formula is C26H29N3O3. The SMILES string of the molecule is Cc1ccc(-c2nnc(C3CN(C(=O)CCc4ccccc4)CC34CCOCC4)o2)cc1. The second-order valence-electron chi connectivity index (χ2n) is 9.10. The van der Waals surface area contributed by atoms with E-state index in [4.69, 9.17) is 9.15 Å². The molecule has 3 aromatic rings. The highest BCUT2D eigenvalue weighted by atomic mass is 16.5. The topological polar surface area (TPSA) is 68.5 Å². The summed E-state index contributed by atoms with van der Waals surface area (Å²) in [5.41, 5.74) is 3.24. The molecular weight excluding hydrogens is 402 g/mol. The Morgan fingerprint density at radius 3 is 2.56 bits per heavy atom. The minimum atomic E-state index is -0.0578. The Hall–Kier alpha value is -2.99. The fraction of sp³-hybridized carbons (Fsp3) is 0.423. The third-order valence-electron chi connectivity index (χ3n) is 7.00. The van der Waals surface area contributed by atoms with Gasteiger partial charge in [-0.3, -0.25) is 4.79 Å². The van der Waals surface area contributed by atoms with Gasteiger partial charge in [-0.25, -0.2) is 0 Å². The van der Waals surface area contributed by atoms with Crippen LogP contribution in [0.5, 0.6) is 0 Å². The predicted molar refractivity (Wildman–Crippen MR) is 121 cm³/mol. The summed E-state index contributed by atoms with van der Waals surface area (Å²) in [5, 5.41) is 8.77. The average Bonchev–Trinajstić information content (AvgIpc) is 3.45. The van der Waals surface area contributed by atoms with E-state index in [-0.39, 0.29) is 17.2 Å². The van der Waals surface area contributed by atoms with Crippen LogP contribution in [0.3, 0.4) is 0 Å². The number of likely N-dealkylation sites (tertiary alicyclic amines) is 1. The van der Waals surface area contributed by atoms with E-state index in [1.165, 1.54) is 11.1 Å². The van der Waals surface area contributed by atoms with Gasteiger partial charge in [-0.15, -0.1) is 10.2 Å². The average molecular weight is 432 g/mol. The molecule has 1 spiro atoms. The number of amides is 1. The lowest BCUT2D eigenvalue weighted by molar-refractivity contribution is -0.130. The van der Waals surface area contributed by atoms with Gasteiger partial charge in [0, 0.05) is 43.7 Å². The number of aromatic nitrogens is 2. The second-order valence-corrected chi connectivity index (χ2v) is 9.10. The Morgan fingerprint density at radius 2 is 1.81 bits per heavy atom. The molecule has 5 rings (SSSR count). The molecule has 2 aromatic carbocycles. The first-order chi connectivity index (χ1) is 15.6. The summed E-state index contributed by atoms with van der Waals surface area (Å²) in [7, 11) is 0. The van der Waals surface area contributed by atoms with Crippen molar-refractivity contribution < 1.29 is 13.9 Å². The predicted octanol–water partition coefficient (Wildman–Crippen LogP) is 4.40. The molecule has 1 aromatic heterocycles. The van der Waals surface area contributed by atoms with Crippen LogP contribution in [0.1, 0.15) is 42.2 Å². The van der Waals surface area contributed by atoms with Crippen LogP contribution in [-0.4, -0.2) is 47.3 Å². The molecule has 6 nitrogen and oxygen atoms in total. The highest BCUT2D eigenvalue weighted by Crippen LogP contribution is 2.49. The zero-order chi connectivity index (χ0) is 22.0. The van der Waals surface area contributed by atoms with Gasteiger partial charge in [0.05, 0.1) is 5.92 Å². The maximum atomic E-state index is 13.1. The van der Waals surface area contributed by atoms with Crippen molar-refractivity contribution in [2.75, 3.05) is 26.3 Å².